The lowest BCUT2D eigenvalue weighted by molar-refractivity contribution is -0.161. The quantitative estimate of drug-likeness (QED) is 0.0197. The lowest BCUT2D eigenvalue weighted by Gasteiger charge is -2.21. The number of aliphatic hydroxyl groups is 1. The molecule has 12 heteroatoms. The van der Waals surface area contributed by atoms with Gasteiger partial charge in [0.05, 0.1) is 19.8 Å². The van der Waals surface area contributed by atoms with Crippen LogP contribution in [0.2, 0.25) is 0 Å². The summed E-state index contributed by atoms with van der Waals surface area (Å²) < 4.78 is 39.5. The van der Waals surface area contributed by atoms with E-state index in [2.05, 4.69) is 57.2 Å². The molecule has 0 heterocycles. The van der Waals surface area contributed by atoms with Crippen molar-refractivity contribution in [3.8, 4) is 0 Å². The zero-order chi connectivity index (χ0) is 51.3. The van der Waals surface area contributed by atoms with Crippen molar-refractivity contribution in [1.82, 2.24) is 0 Å². The van der Waals surface area contributed by atoms with E-state index in [-0.39, 0.29) is 25.9 Å². The van der Waals surface area contributed by atoms with E-state index in [0.717, 1.165) is 89.9 Å². The number of carbonyl (C=O) groups excluding carboxylic acids is 3. The number of phosphoric ester groups is 1. The first kappa shape index (κ1) is 67.7. The first-order valence-corrected chi connectivity index (χ1v) is 30.4. The minimum atomic E-state index is -4.74. The number of hydrogen-bond acceptors (Lipinski definition) is 10. The predicted molar refractivity (Wildman–Crippen MR) is 289 cm³/mol. The van der Waals surface area contributed by atoms with Crippen molar-refractivity contribution in [1.29, 1.82) is 0 Å². The highest BCUT2D eigenvalue weighted by molar-refractivity contribution is 7.47. The van der Waals surface area contributed by atoms with Crippen LogP contribution in [0.25, 0.3) is 0 Å². The second-order valence-electron chi connectivity index (χ2n) is 19.5. The smallest absolute Gasteiger partial charge is 0.462 e. The molecule has 0 aliphatic carbocycles. The predicted octanol–water partition coefficient (Wildman–Crippen LogP) is 16.8. The van der Waals surface area contributed by atoms with Gasteiger partial charge in [-0.2, -0.15) is 0 Å². The molecule has 2 N–H and O–H groups in total. The van der Waals surface area contributed by atoms with Crippen LogP contribution in [-0.2, 0) is 42.2 Å². The van der Waals surface area contributed by atoms with E-state index in [9.17, 15) is 28.9 Å². The van der Waals surface area contributed by atoms with E-state index in [0.29, 0.717) is 19.3 Å². The lowest BCUT2D eigenvalue weighted by Crippen LogP contribution is -2.30. The van der Waals surface area contributed by atoms with Gasteiger partial charge in [0, 0.05) is 19.3 Å². The van der Waals surface area contributed by atoms with Crippen molar-refractivity contribution < 1.29 is 52.2 Å². The van der Waals surface area contributed by atoms with Crippen LogP contribution in [0.15, 0.2) is 36.5 Å². The summed E-state index contributed by atoms with van der Waals surface area (Å²) in [5, 5.41) is 9.80. The Kier molecular flexibility index (Phi) is 51.3. The van der Waals surface area contributed by atoms with Gasteiger partial charge in [0.2, 0.25) is 0 Å². The molecule has 0 aromatic rings. The number of aliphatic hydroxyl groups excluding tert-OH is 1. The molecule has 0 fully saturated rings. The molecule has 0 amide bonds. The number of unbranched alkanes of at least 4 members (excludes halogenated alkanes) is 31. The summed E-state index contributed by atoms with van der Waals surface area (Å²) in [7, 11) is -4.74. The number of phosphoric acid groups is 1. The van der Waals surface area contributed by atoms with E-state index in [1.54, 1.807) is 0 Å². The lowest BCUT2D eigenvalue weighted by atomic mass is 10.0. The Morgan fingerprint density at radius 3 is 1.13 bits per heavy atom. The minimum Gasteiger partial charge on any atom is -0.462 e. The SMILES string of the molecule is CCC/C=C\C/C=C\CCCCCCCC(=O)OC(CO)COP(=O)(O)OCC(COC(=O)CCCCCCCCCCCCCCC)OC(=O)CCCCCCCCC/C=C\CCCCCCCC. The van der Waals surface area contributed by atoms with E-state index < -0.39 is 57.8 Å². The van der Waals surface area contributed by atoms with Crippen LogP contribution in [-0.4, -0.2) is 66.5 Å². The Bertz CT molecular complexity index is 1320. The van der Waals surface area contributed by atoms with E-state index in [1.807, 2.05) is 0 Å². The Morgan fingerprint density at radius 2 is 0.729 bits per heavy atom. The van der Waals surface area contributed by atoms with Gasteiger partial charge in [0.1, 0.15) is 12.7 Å². The minimum absolute atomic E-state index is 0.163. The summed E-state index contributed by atoms with van der Waals surface area (Å²) in [4.78, 5) is 48.5. The largest absolute Gasteiger partial charge is 0.472 e. The maximum Gasteiger partial charge on any atom is 0.472 e. The van der Waals surface area contributed by atoms with Crippen molar-refractivity contribution in [3.05, 3.63) is 36.5 Å². The van der Waals surface area contributed by atoms with Gasteiger partial charge in [0.15, 0.2) is 6.10 Å². The molecule has 0 aliphatic rings. The first-order chi connectivity index (χ1) is 34.2. The highest BCUT2D eigenvalue weighted by atomic mass is 31.2. The molecule has 0 bridgehead atoms. The van der Waals surface area contributed by atoms with Gasteiger partial charge in [-0.3, -0.25) is 23.4 Å². The summed E-state index contributed by atoms with van der Waals surface area (Å²) in [6, 6.07) is 0. The van der Waals surface area contributed by atoms with Crippen LogP contribution >= 0.6 is 7.82 Å². The molecule has 11 nitrogen and oxygen atoms in total. The summed E-state index contributed by atoms with van der Waals surface area (Å²) in [5.41, 5.74) is 0. The van der Waals surface area contributed by atoms with Crippen LogP contribution < -0.4 is 0 Å². The highest BCUT2D eigenvalue weighted by Gasteiger charge is 2.28. The van der Waals surface area contributed by atoms with Crippen LogP contribution in [0.3, 0.4) is 0 Å². The molecule has 0 saturated carbocycles. The van der Waals surface area contributed by atoms with Gasteiger partial charge in [-0.1, -0.05) is 224 Å². The van der Waals surface area contributed by atoms with Crippen LogP contribution in [0, 0.1) is 0 Å². The summed E-state index contributed by atoms with van der Waals surface area (Å²) >= 11 is 0. The number of allylic oxidation sites excluding steroid dienone is 6. The fourth-order valence-corrected chi connectivity index (χ4v) is 8.88. The van der Waals surface area contributed by atoms with Crippen LogP contribution in [0.4, 0.5) is 0 Å². The normalized spacial score (nSPS) is 13.6. The van der Waals surface area contributed by atoms with Crippen molar-refractivity contribution in [2.45, 2.75) is 290 Å². The fourth-order valence-electron chi connectivity index (χ4n) is 8.10. The van der Waals surface area contributed by atoms with Gasteiger partial charge in [0.25, 0.3) is 0 Å². The molecule has 3 unspecified atom stereocenters. The Hall–Kier alpha value is -2.30. The molecular formula is C58H107O11P. The topological polar surface area (TPSA) is 155 Å². The zero-order valence-electron chi connectivity index (χ0n) is 45.2. The van der Waals surface area contributed by atoms with Crippen molar-refractivity contribution in [2.75, 3.05) is 26.4 Å². The molecule has 70 heavy (non-hydrogen) atoms. The summed E-state index contributed by atoms with van der Waals surface area (Å²) in [5.74, 6) is -1.47. The number of esters is 3. The average Bonchev–Trinajstić information content (AvgIpc) is 3.35. The molecule has 0 saturated heterocycles. The van der Waals surface area contributed by atoms with E-state index >= 15 is 0 Å². The molecule has 0 aromatic carbocycles. The Morgan fingerprint density at radius 1 is 0.400 bits per heavy atom. The number of rotatable bonds is 54. The first-order valence-electron chi connectivity index (χ1n) is 28.9. The maximum atomic E-state index is 12.9. The number of ether oxygens (including phenoxy) is 3. The van der Waals surface area contributed by atoms with Gasteiger partial charge in [-0.25, -0.2) is 4.57 Å². The molecule has 410 valence electrons. The van der Waals surface area contributed by atoms with Gasteiger partial charge < -0.3 is 24.2 Å². The van der Waals surface area contributed by atoms with Crippen molar-refractivity contribution in [3.63, 3.8) is 0 Å². The van der Waals surface area contributed by atoms with Gasteiger partial charge in [-0.15, -0.1) is 0 Å². The number of carbonyl (C=O) groups is 3. The third kappa shape index (κ3) is 50.6. The molecule has 0 radical (unpaired) electrons. The Balaban J connectivity index is 4.71. The van der Waals surface area contributed by atoms with E-state index in [4.69, 9.17) is 23.3 Å². The number of hydrogen-bond donors (Lipinski definition) is 2. The van der Waals surface area contributed by atoms with Crippen LogP contribution in [0.1, 0.15) is 278 Å². The standard InChI is InChI=1S/C58H107O11P/c1-4-7-10-13-16-19-22-25-26-27-28-31-34-37-40-43-46-49-58(62)69-55(51-65-56(60)47-44-41-38-35-32-29-23-20-17-14-11-8-5-2)53-67-70(63,64)66-52-54(50-59)68-57(61)48-45-42-39-36-33-30-24-21-18-15-12-9-6-3/h12,15,21,24-26,54-55,59H,4-11,13-14,16-20,22-23,27-53H2,1-3H3,(H,63,64)/b15-12-,24-21-,26-25-. The monoisotopic (exact) mass is 1010 g/mol. The van der Waals surface area contributed by atoms with Crippen LogP contribution in [0.5, 0.6) is 0 Å². The maximum absolute atomic E-state index is 12.9. The highest BCUT2D eigenvalue weighted by Crippen LogP contribution is 2.43. The molecule has 3 atom stereocenters. The van der Waals surface area contributed by atoms with Gasteiger partial charge >= 0.3 is 25.7 Å². The molecule has 0 rings (SSSR count). The third-order valence-corrected chi connectivity index (χ3v) is 13.5. The zero-order valence-corrected chi connectivity index (χ0v) is 46.1. The summed E-state index contributed by atoms with van der Waals surface area (Å²) in [6.07, 6.45) is 53.8. The van der Waals surface area contributed by atoms with E-state index in [1.165, 1.54) is 128 Å². The van der Waals surface area contributed by atoms with Gasteiger partial charge in [-0.05, 0) is 70.6 Å². The molecule has 0 aromatic heterocycles. The second kappa shape index (κ2) is 53.0. The molecule has 0 spiro atoms. The molecular weight excluding hydrogens is 904 g/mol. The molecule has 0 aliphatic heterocycles. The van der Waals surface area contributed by atoms with Crippen molar-refractivity contribution in [2.24, 2.45) is 0 Å². The second-order valence-corrected chi connectivity index (χ2v) is 20.9. The Labute approximate surface area is 429 Å². The average molecular weight is 1010 g/mol. The summed E-state index contributed by atoms with van der Waals surface area (Å²) in [6.45, 7) is 4.59. The fraction of sp³-hybridized carbons (Fsp3) is 0.845. The third-order valence-electron chi connectivity index (χ3n) is 12.5. The van der Waals surface area contributed by atoms with Crippen molar-refractivity contribution >= 4 is 25.7 Å².